The minimum absolute atomic E-state index is 0.488. The molecule has 0 amide bonds. The molecule has 1 aromatic heterocycles. The molecular formula is C69H45NS. The highest BCUT2D eigenvalue weighted by molar-refractivity contribution is 7.26. The normalized spacial score (nSPS) is 12.6. The second kappa shape index (κ2) is 16.7. The quantitative estimate of drug-likeness (QED) is 0.147. The van der Waals surface area contributed by atoms with Crippen LogP contribution < -0.4 is 4.90 Å². The van der Waals surface area contributed by atoms with E-state index in [0.717, 1.165) is 22.6 Å². The number of fused-ring (bicyclic) bond motifs is 8. The van der Waals surface area contributed by atoms with Crippen LogP contribution in [0.4, 0.5) is 17.1 Å². The van der Waals surface area contributed by atoms with E-state index >= 15 is 0 Å². The molecular weight excluding hydrogens is 875 g/mol. The molecule has 0 bridgehead atoms. The maximum atomic E-state index is 2.49. The Balaban J connectivity index is 0.975. The molecule has 1 aliphatic rings. The number of nitrogens with zero attached hydrogens (tertiary/aromatic N) is 1. The van der Waals surface area contributed by atoms with Crippen molar-refractivity contribution in [2.45, 2.75) is 5.41 Å². The van der Waals surface area contributed by atoms with Gasteiger partial charge in [0, 0.05) is 37.1 Å². The lowest BCUT2D eigenvalue weighted by atomic mass is 9.67. The molecule has 1 nitrogen and oxygen atoms in total. The van der Waals surface area contributed by atoms with Crippen molar-refractivity contribution < 1.29 is 0 Å². The van der Waals surface area contributed by atoms with Gasteiger partial charge in [-0.2, -0.15) is 0 Å². The summed E-state index contributed by atoms with van der Waals surface area (Å²) < 4.78 is 2.56. The first-order valence-electron chi connectivity index (χ1n) is 24.5. The Morgan fingerprint density at radius 3 is 1.70 bits per heavy atom. The van der Waals surface area contributed by atoms with Crippen molar-refractivity contribution in [2.24, 2.45) is 0 Å². The highest BCUT2D eigenvalue weighted by atomic mass is 32.1. The van der Waals surface area contributed by atoms with E-state index in [1.54, 1.807) is 0 Å². The average Bonchev–Trinajstić information content (AvgIpc) is 3.99. The number of anilines is 3. The molecule has 1 aliphatic carbocycles. The zero-order valence-electron chi connectivity index (χ0n) is 38.8. The number of thiophene rings is 1. The lowest BCUT2D eigenvalue weighted by Crippen LogP contribution is -2.28. The van der Waals surface area contributed by atoms with Crippen molar-refractivity contribution in [1.82, 2.24) is 0 Å². The Kier molecular flexibility index (Phi) is 9.69. The standard InChI is InChI=1S/C69H45NS/c1-3-22-53(23-4-1)69(54-24-5-2-6-25-54)63-31-13-11-28-59(63)60-40-37-52(45-64(60)69)50-21-15-26-56(44-50)70(55-38-35-47(36-39-55)51-34-33-46-17-7-8-19-49(46)43-51)65-42-41-61(58-30-16-20-48-18-9-10-27-57(48)58)68-67(65)62-29-12-14-32-66(62)71-68/h1-45H. The average molecular weight is 920 g/mol. The van der Waals surface area contributed by atoms with Crippen molar-refractivity contribution in [3.05, 3.63) is 295 Å². The molecule has 13 aromatic rings. The number of benzene rings is 12. The molecule has 0 atom stereocenters. The maximum Gasteiger partial charge on any atom is 0.0713 e. The fourth-order valence-electron chi connectivity index (χ4n) is 11.7. The van der Waals surface area contributed by atoms with Gasteiger partial charge in [-0.1, -0.05) is 224 Å². The van der Waals surface area contributed by atoms with Crippen LogP contribution in [0.2, 0.25) is 0 Å². The predicted molar refractivity (Wildman–Crippen MR) is 303 cm³/mol. The first-order valence-corrected chi connectivity index (χ1v) is 25.3. The molecule has 71 heavy (non-hydrogen) atoms. The van der Waals surface area contributed by atoms with Gasteiger partial charge < -0.3 is 4.90 Å². The van der Waals surface area contributed by atoms with E-state index in [-0.39, 0.29) is 0 Å². The molecule has 0 unspecified atom stereocenters. The van der Waals surface area contributed by atoms with Crippen LogP contribution in [0.3, 0.4) is 0 Å². The molecule has 14 rings (SSSR count). The molecule has 2 heteroatoms. The summed E-state index contributed by atoms with van der Waals surface area (Å²) in [5.41, 5.74) is 17.8. The van der Waals surface area contributed by atoms with Crippen molar-refractivity contribution in [3.8, 4) is 44.5 Å². The largest absolute Gasteiger partial charge is 0.310 e. The summed E-state index contributed by atoms with van der Waals surface area (Å²) in [7, 11) is 0. The van der Waals surface area contributed by atoms with Crippen molar-refractivity contribution >= 4 is 70.1 Å². The topological polar surface area (TPSA) is 3.24 Å². The van der Waals surface area contributed by atoms with E-state index in [1.165, 1.54) is 103 Å². The van der Waals surface area contributed by atoms with Crippen LogP contribution >= 0.6 is 11.3 Å². The molecule has 0 spiro atoms. The van der Waals surface area contributed by atoms with E-state index < -0.39 is 5.41 Å². The lowest BCUT2D eigenvalue weighted by molar-refractivity contribution is 0.769. The molecule has 0 saturated carbocycles. The molecule has 0 N–H and O–H groups in total. The summed E-state index contributed by atoms with van der Waals surface area (Å²) in [4.78, 5) is 2.49. The molecule has 12 aromatic carbocycles. The molecule has 0 fully saturated rings. The summed E-state index contributed by atoms with van der Waals surface area (Å²) in [5, 5.41) is 7.51. The third kappa shape index (κ3) is 6.60. The number of rotatable bonds is 8. The third-order valence-corrected chi connectivity index (χ3v) is 16.1. The Morgan fingerprint density at radius 2 is 0.887 bits per heavy atom. The Hall–Kier alpha value is -8.82. The molecule has 0 radical (unpaired) electrons. The maximum absolute atomic E-state index is 2.49. The van der Waals surface area contributed by atoms with E-state index in [9.17, 15) is 0 Å². The minimum Gasteiger partial charge on any atom is -0.310 e. The van der Waals surface area contributed by atoms with Crippen LogP contribution in [0.15, 0.2) is 273 Å². The highest BCUT2D eigenvalue weighted by Gasteiger charge is 2.46. The summed E-state index contributed by atoms with van der Waals surface area (Å²) >= 11 is 1.89. The van der Waals surface area contributed by atoms with Gasteiger partial charge in [0.05, 0.1) is 11.1 Å². The lowest BCUT2D eigenvalue weighted by Gasteiger charge is -2.34. The summed E-state index contributed by atoms with van der Waals surface area (Å²) in [5.74, 6) is 0. The number of hydrogen-bond acceptors (Lipinski definition) is 2. The van der Waals surface area contributed by atoms with E-state index in [4.69, 9.17) is 0 Å². The SMILES string of the molecule is c1ccc(C2(c3ccccc3)c3ccccc3-c3ccc(-c4cccc(N(c5ccc(-c6ccc7ccccc7c6)cc5)c5ccc(-c6cccc7ccccc67)c6sc7ccccc7c56)c4)cc32)cc1. The minimum atomic E-state index is -0.488. The van der Waals surface area contributed by atoms with Gasteiger partial charge in [-0.3, -0.25) is 0 Å². The number of hydrogen-bond donors (Lipinski definition) is 0. The van der Waals surface area contributed by atoms with Gasteiger partial charge in [0.15, 0.2) is 0 Å². The van der Waals surface area contributed by atoms with Gasteiger partial charge >= 0.3 is 0 Å². The van der Waals surface area contributed by atoms with Crippen molar-refractivity contribution in [3.63, 3.8) is 0 Å². The van der Waals surface area contributed by atoms with Crippen LogP contribution in [-0.2, 0) is 5.41 Å². The zero-order valence-corrected chi connectivity index (χ0v) is 39.7. The third-order valence-electron chi connectivity index (χ3n) is 14.9. The Bertz CT molecular complexity index is 4120. The van der Waals surface area contributed by atoms with Crippen LogP contribution in [0.5, 0.6) is 0 Å². The summed E-state index contributed by atoms with van der Waals surface area (Å²) in [6, 6.07) is 101. The molecule has 0 aliphatic heterocycles. The Morgan fingerprint density at radius 1 is 0.310 bits per heavy atom. The van der Waals surface area contributed by atoms with E-state index in [0.29, 0.717) is 0 Å². The predicted octanol–water partition coefficient (Wildman–Crippen LogP) is 19.2. The monoisotopic (exact) mass is 919 g/mol. The molecule has 1 heterocycles. The van der Waals surface area contributed by atoms with E-state index in [1.807, 2.05) is 11.3 Å². The first-order chi connectivity index (χ1) is 35.2. The van der Waals surface area contributed by atoms with Gasteiger partial charge in [0.2, 0.25) is 0 Å². The fourth-order valence-corrected chi connectivity index (χ4v) is 13.0. The van der Waals surface area contributed by atoms with Gasteiger partial charge in [-0.05, 0) is 131 Å². The van der Waals surface area contributed by atoms with E-state index in [2.05, 4.69) is 278 Å². The van der Waals surface area contributed by atoms with Crippen LogP contribution in [-0.4, -0.2) is 0 Å². The smallest absolute Gasteiger partial charge is 0.0713 e. The molecule has 0 saturated heterocycles. The second-order valence-electron chi connectivity index (χ2n) is 18.7. The van der Waals surface area contributed by atoms with Crippen molar-refractivity contribution in [2.75, 3.05) is 4.90 Å². The van der Waals surface area contributed by atoms with Crippen molar-refractivity contribution in [1.29, 1.82) is 0 Å². The van der Waals surface area contributed by atoms with Gasteiger partial charge in [-0.15, -0.1) is 11.3 Å². The van der Waals surface area contributed by atoms with Gasteiger partial charge in [0.1, 0.15) is 0 Å². The second-order valence-corrected chi connectivity index (χ2v) is 19.8. The summed E-state index contributed by atoms with van der Waals surface area (Å²) in [6.45, 7) is 0. The van der Waals surface area contributed by atoms with Crippen LogP contribution in [0.1, 0.15) is 22.3 Å². The van der Waals surface area contributed by atoms with Gasteiger partial charge in [0.25, 0.3) is 0 Å². The van der Waals surface area contributed by atoms with Gasteiger partial charge in [-0.25, -0.2) is 0 Å². The highest BCUT2D eigenvalue weighted by Crippen LogP contribution is 2.57. The zero-order chi connectivity index (χ0) is 46.9. The fraction of sp³-hybridized carbons (Fsp3) is 0.0145. The molecule has 332 valence electrons. The first kappa shape index (κ1) is 41.2. The van der Waals surface area contributed by atoms with Crippen LogP contribution in [0, 0.1) is 0 Å². The van der Waals surface area contributed by atoms with Crippen LogP contribution in [0.25, 0.3) is 86.2 Å². The Labute approximate surface area is 417 Å². The summed E-state index contributed by atoms with van der Waals surface area (Å²) in [6.07, 6.45) is 0.